The molecule has 2 atom stereocenters. The van der Waals surface area contributed by atoms with Gasteiger partial charge in [-0.15, -0.1) is 0 Å². The highest BCUT2D eigenvalue weighted by molar-refractivity contribution is 5.92. The number of carbonyl (C=O) groups is 1. The molecular weight excluding hydrogens is 366 g/mol. The van der Waals surface area contributed by atoms with Crippen LogP contribution in [0.25, 0.3) is 11.4 Å². The average Bonchev–Trinajstić information content (AvgIpc) is 3.14. The minimum Gasteiger partial charge on any atom is -0.336 e. The molecule has 2 bridgehead atoms. The lowest BCUT2D eigenvalue weighted by molar-refractivity contribution is 0.0588. The minimum atomic E-state index is -0.0242. The number of hydrogen-bond donors (Lipinski definition) is 0. The zero-order valence-electron chi connectivity index (χ0n) is 16.6. The highest BCUT2D eigenvalue weighted by Crippen LogP contribution is 2.36. The SMILES string of the molecule is Cc1cccc(C(=O)N2C[C@@H]3C[C@H](C2)c2ccc(-c4nccn4C)c(=O)n2C3)n1. The Morgan fingerprint density at radius 1 is 1.14 bits per heavy atom. The molecule has 0 unspecified atom stereocenters. The van der Waals surface area contributed by atoms with Gasteiger partial charge in [0.25, 0.3) is 11.5 Å². The summed E-state index contributed by atoms with van der Waals surface area (Å²) < 4.78 is 3.76. The third-order valence-electron chi connectivity index (χ3n) is 6.06. The molecule has 0 N–H and O–H groups in total. The summed E-state index contributed by atoms with van der Waals surface area (Å²) in [5.41, 5.74) is 2.97. The Morgan fingerprint density at radius 3 is 2.76 bits per heavy atom. The smallest absolute Gasteiger partial charge is 0.272 e. The number of aromatic nitrogens is 4. The van der Waals surface area contributed by atoms with Gasteiger partial charge < -0.3 is 14.0 Å². The second kappa shape index (κ2) is 6.69. The number of likely N-dealkylation sites (tertiary alicyclic amines) is 1. The van der Waals surface area contributed by atoms with Crippen LogP contribution in [0.15, 0.2) is 47.5 Å². The van der Waals surface area contributed by atoms with Crippen molar-refractivity contribution in [3.63, 3.8) is 0 Å². The number of carbonyl (C=O) groups excluding carboxylic acids is 1. The first-order valence-electron chi connectivity index (χ1n) is 9.95. The van der Waals surface area contributed by atoms with Gasteiger partial charge in [0.1, 0.15) is 11.5 Å². The van der Waals surface area contributed by atoms with Gasteiger partial charge in [0.2, 0.25) is 0 Å². The monoisotopic (exact) mass is 389 g/mol. The molecule has 0 spiro atoms. The first-order valence-corrected chi connectivity index (χ1v) is 9.95. The fraction of sp³-hybridized carbons (Fsp3) is 0.364. The molecule has 2 aliphatic heterocycles. The highest BCUT2D eigenvalue weighted by Gasteiger charge is 2.37. The summed E-state index contributed by atoms with van der Waals surface area (Å²) in [6.07, 6.45) is 4.55. The van der Waals surface area contributed by atoms with E-state index in [0.29, 0.717) is 36.7 Å². The Kier molecular flexibility index (Phi) is 4.12. The van der Waals surface area contributed by atoms with Crippen molar-refractivity contribution < 1.29 is 4.79 Å². The van der Waals surface area contributed by atoms with Crippen molar-refractivity contribution in [2.24, 2.45) is 13.0 Å². The van der Waals surface area contributed by atoms with Gasteiger partial charge in [-0.05, 0) is 43.5 Å². The Morgan fingerprint density at radius 2 is 2.00 bits per heavy atom. The van der Waals surface area contributed by atoms with Crippen LogP contribution < -0.4 is 5.56 Å². The van der Waals surface area contributed by atoms with E-state index in [0.717, 1.165) is 17.8 Å². The molecule has 7 nitrogen and oxygen atoms in total. The molecular formula is C22H23N5O2. The van der Waals surface area contributed by atoms with Crippen LogP contribution in [0.2, 0.25) is 0 Å². The molecule has 0 saturated carbocycles. The van der Waals surface area contributed by atoms with Crippen molar-refractivity contribution in [1.82, 2.24) is 24.0 Å². The van der Waals surface area contributed by atoms with Gasteiger partial charge in [0.15, 0.2) is 0 Å². The van der Waals surface area contributed by atoms with Crippen LogP contribution in [0.4, 0.5) is 0 Å². The third-order valence-corrected chi connectivity index (χ3v) is 6.06. The Bertz CT molecular complexity index is 1160. The Labute approximate surface area is 168 Å². The molecule has 29 heavy (non-hydrogen) atoms. The average molecular weight is 389 g/mol. The molecule has 7 heteroatoms. The predicted molar refractivity (Wildman–Crippen MR) is 109 cm³/mol. The van der Waals surface area contributed by atoms with E-state index in [1.165, 1.54) is 0 Å². The first-order chi connectivity index (χ1) is 14.0. The van der Waals surface area contributed by atoms with Gasteiger partial charge in [-0.2, -0.15) is 0 Å². The number of nitrogens with zero attached hydrogens (tertiary/aromatic N) is 5. The molecule has 5 rings (SSSR count). The number of pyridine rings is 2. The van der Waals surface area contributed by atoms with Crippen molar-refractivity contribution in [2.75, 3.05) is 13.1 Å². The van der Waals surface area contributed by atoms with Crippen LogP contribution in [-0.2, 0) is 13.6 Å². The fourth-order valence-corrected chi connectivity index (χ4v) is 4.73. The van der Waals surface area contributed by atoms with Crippen LogP contribution in [0.3, 0.4) is 0 Å². The second-order valence-corrected chi connectivity index (χ2v) is 8.12. The van der Waals surface area contributed by atoms with E-state index in [4.69, 9.17) is 0 Å². The molecule has 1 saturated heterocycles. The standard InChI is InChI=1S/C22H23N5O2/c1-14-4-3-5-18(24-14)22(29)26-11-15-10-16(13-26)19-7-6-17(21(28)27(19)12-15)20-23-8-9-25(20)2/h3-9,15-16H,10-13H2,1-2H3/t15-,16+/m0/s1. The summed E-state index contributed by atoms with van der Waals surface area (Å²) in [4.78, 5) is 36.8. The van der Waals surface area contributed by atoms with Crippen LogP contribution >= 0.6 is 0 Å². The van der Waals surface area contributed by atoms with Gasteiger partial charge in [-0.3, -0.25) is 9.59 Å². The summed E-state index contributed by atoms with van der Waals surface area (Å²) in [5, 5.41) is 0. The molecule has 0 aromatic carbocycles. The van der Waals surface area contributed by atoms with Crippen molar-refractivity contribution in [2.45, 2.75) is 25.8 Å². The largest absolute Gasteiger partial charge is 0.336 e. The van der Waals surface area contributed by atoms with Crippen LogP contribution in [0.5, 0.6) is 0 Å². The quantitative estimate of drug-likeness (QED) is 0.674. The van der Waals surface area contributed by atoms with Crippen molar-refractivity contribution in [3.8, 4) is 11.4 Å². The number of aryl methyl sites for hydroxylation is 2. The molecule has 2 aliphatic rings. The fourth-order valence-electron chi connectivity index (χ4n) is 4.73. The van der Waals surface area contributed by atoms with E-state index in [-0.39, 0.29) is 23.3 Å². The summed E-state index contributed by atoms with van der Waals surface area (Å²) in [5.74, 6) is 1.09. The number of hydrogen-bond acceptors (Lipinski definition) is 4. The molecule has 5 heterocycles. The van der Waals surface area contributed by atoms with E-state index in [1.54, 1.807) is 12.3 Å². The van der Waals surface area contributed by atoms with E-state index in [1.807, 2.05) is 58.5 Å². The lowest BCUT2D eigenvalue weighted by Crippen LogP contribution is -2.49. The van der Waals surface area contributed by atoms with E-state index in [9.17, 15) is 9.59 Å². The van der Waals surface area contributed by atoms with Crippen LogP contribution in [-0.4, -0.2) is 43.0 Å². The molecule has 1 fully saturated rings. The number of piperidine rings is 1. The van der Waals surface area contributed by atoms with Gasteiger partial charge in [0, 0.05) is 56.4 Å². The molecule has 3 aromatic heterocycles. The van der Waals surface area contributed by atoms with E-state index < -0.39 is 0 Å². The number of fused-ring (bicyclic) bond motifs is 4. The van der Waals surface area contributed by atoms with E-state index >= 15 is 0 Å². The number of rotatable bonds is 2. The minimum absolute atomic E-state index is 0.00614. The van der Waals surface area contributed by atoms with Gasteiger partial charge in [0.05, 0.1) is 5.56 Å². The maximum absolute atomic E-state index is 13.2. The first kappa shape index (κ1) is 17.8. The van der Waals surface area contributed by atoms with Gasteiger partial charge in [-0.25, -0.2) is 9.97 Å². The maximum atomic E-state index is 13.2. The molecule has 0 radical (unpaired) electrons. The van der Waals surface area contributed by atoms with Crippen LogP contribution in [0, 0.1) is 12.8 Å². The van der Waals surface area contributed by atoms with Crippen molar-refractivity contribution >= 4 is 5.91 Å². The zero-order chi connectivity index (χ0) is 20.1. The summed E-state index contributed by atoms with van der Waals surface area (Å²) >= 11 is 0. The van der Waals surface area contributed by atoms with Gasteiger partial charge in [-0.1, -0.05) is 6.07 Å². The number of imidazole rings is 1. The molecule has 148 valence electrons. The Hall–Kier alpha value is -3.22. The molecule has 3 aromatic rings. The van der Waals surface area contributed by atoms with Gasteiger partial charge >= 0.3 is 0 Å². The van der Waals surface area contributed by atoms with Crippen molar-refractivity contribution in [3.05, 3.63) is 70.2 Å². The second-order valence-electron chi connectivity index (χ2n) is 8.12. The van der Waals surface area contributed by atoms with E-state index in [2.05, 4.69) is 9.97 Å². The third kappa shape index (κ3) is 2.97. The highest BCUT2D eigenvalue weighted by atomic mass is 16.2. The zero-order valence-corrected chi connectivity index (χ0v) is 16.6. The predicted octanol–water partition coefficient (Wildman–Crippen LogP) is 2.21. The number of amides is 1. The molecule has 1 amide bonds. The Balaban J connectivity index is 1.47. The topological polar surface area (TPSA) is 73.0 Å². The van der Waals surface area contributed by atoms with Crippen LogP contribution in [0.1, 0.15) is 34.2 Å². The lowest BCUT2D eigenvalue weighted by atomic mass is 9.82. The lowest BCUT2D eigenvalue weighted by Gasteiger charge is -2.42. The van der Waals surface area contributed by atoms with Crippen molar-refractivity contribution in [1.29, 1.82) is 0 Å². The summed E-state index contributed by atoms with van der Waals surface area (Å²) in [6.45, 7) is 3.80. The maximum Gasteiger partial charge on any atom is 0.272 e. The summed E-state index contributed by atoms with van der Waals surface area (Å²) in [7, 11) is 1.89. The normalized spacial score (nSPS) is 20.4. The molecule has 0 aliphatic carbocycles. The summed E-state index contributed by atoms with van der Waals surface area (Å²) in [6, 6.07) is 9.44.